The van der Waals surface area contributed by atoms with E-state index in [4.69, 9.17) is 4.74 Å². The standard InChI is InChI=1S/C15H21N3O3S/c1-11-16-12(9-22-11)8-13(19)18-6-3-4-15(5-7-18)10-17(2)14(20)21-15/h9H,3-8,10H2,1-2H3/t15-/m0/s1. The molecular weight excluding hydrogens is 302 g/mol. The van der Waals surface area contributed by atoms with Gasteiger partial charge in [0.15, 0.2) is 0 Å². The van der Waals surface area contributed by atoms with E-state index in [1.54, 1.807) is 23.3 Å². The topological polar surface area (TPSA) is 62.7 Å². The van der Waals surface area contributed by atoms with E-state index in [9.17, 15) is 9.59 Å². The normalized spacial score (nSPS) is 25.5. The zero-order chi connectivity index (χ0) is 15.7. The molecule has 2 amide bonds. The number of aryl methyl sites for hydroxylation is 1. The van der Waals surface area contributed by atoms with E-state index in [1.807, 2.05) is 17.2 Å². The van der Waals surface area contributed by atoms with Gasteiger partial charge in [-0.2, -0.15) is 0 Å². The Hall–Kier alpha value is -1.63. The zero-order valence-corrected chi connectivity index (χ0v) is 13.8. The number of likely N-dealkylation sites (tertiary alicyclic amines) is 1. The molecule has 0 N–H and O–H groups in total. The summed E-state index contributed by atoms with van der Waals surface area (Å²) in [6, 6.07) is 0. The minimum absolute atomic E-state index is 0.111. The molecule has 1 spiro atoms. The number of amides is 2. The number of carbonyl (C=O) groups excluding carboxylic acids is 2. The predicted octanol–water partition coefficient (Wildman–Crippen LogP) is 1.83. The Morgan fingerprint density at radius 2 is 2.27 bits per heavy atom. The summed E-state index contributed by atoms with van der Waals surface area (Å²) in [5.41, 5.74) is 0.441. The van der Waals surface area contributed by atoms with Crippen molar-refractivity contribution in [2.45, 2.75) is 38.2 Å². The Morgan fingerprint density at radius 1 is 1.45 bits per heavy atom. The van der Waals surface area contributed by atoms with Gasteiger partial charge >= 0.3 is 6.09 Å². The first-order valence-electron chi connectivity index (χ1n) is 7.60. The van der Waals surface area contributed by atoms with Crippen LogP contribution in [0.1, 0.15) is 30.0 Å². The largest absolute Gasteiger partial charge is 0.441 e. The van der Waals surface area contributed by atoms with Crippen LogP contribution in [0.5, 0.6) is 0 Å². The highest BCUT2D eigenvalue weighted by atomic mass is 32.1. The van der Waals surface area contributed by atoms with Crippen molar-refractivity contribution in [1.82, 2.24) is 14.8 Å². The summed E-state index contributed by atoms with van der Waals surface area (Å²) in [5.74, 6) is 0.111. The first-order valence-corrected chi connectivity index (χ1v) is 8.48. The second kappa shape index (κ2) is 5.87. The molecule has 1 atom stereocenters. The molecule has 2 aliphatic rings. The van der Waals surface area contributed by atoms with Gasteiger partial charge in [0.25, 0.3) is 0 Å². The molecule has 0 aromatic carbocycles. The van der Waals surface area contributed by atoms with Gasteiger partial charge in [0.1, 0.15) is 5.60 Å². The number of nitrogens with zero attached hydrogens (tertiary/aromatic N) is 3. The molecule has 1 aromatic rings. The molecule has 120 valence electrons. The van der Waals surface area contributed by atoms with Crippen LogP contribution in [-0.4, -0.2) is 59.1 Å². The van der Waals surface area contributed by atoms with Crippen LogP contribution in [-0.2, 0) is 16.0 Å². The Kier molecular flexibility index (Phi) is 4.08. The van der Waals surface area contributed by atoms with Crippen molar-refractivity contribution in [3.8, 4) is 0 Å². The summed E-state index contributed by atoms with van der Waals surface area (Å²) in [6.45, 7) is 3.94. The fourth-order valence-corrected chi connectivity index (χ4v) is 3.84. The molecule has 0 radical (unpaired) electrons. The number of thiazole rings is 1. The molecule has 3 rings (SSSR count). The molecule has 2 aliphatic heterocycles. The maximum absolute atomic E-state index is 12.4. The van der Waals surface area contributed by atoms with E-state index in [2.05, 4.69) is 4.98 Å². The van der Waals surface area contributed by atoms with E-state index < -0.39 is 5.60 Å². The monoisotopic (exact) mass is 323 g/mol. The van der Waals surface area contributed by atoms with Crippen LogP contribution in [0.2, 0.25) is 0 Å². The van der Waals surface area contributed by atoms with Gasteiger partial charge in [-0.1, -0.05) is 0 Å². The average Bonchev–Trinajstić information content (AvgIpc) is 2.90. The lowest BCUT2D eigenvalue weighted by molar-refractivity contribution is -0.130. The van der Waals surface area contributed by atoms with E-state index >= 15 is 0 Å². The number of aromatic nitrogens is 1. The first-order chi connectivity index (χ1) is 10.5. The third-order valence-electron chi connectivity index (χ3n) is 4.39. The quantitative estimate of drug-likeness (QED) is 0.833. The highest BCUT2D eigenvalue weighted by Crippen LogP contribution is 2.32. The summed E-state index contributed by atoms with van der Waals surface area (Å²) < 4.78 is 5.57. The highest BCUT2D eigenvalue weighted by Gasteiger charge is 2.44. The van der Waals surface area contributed by atoms with Crippen molar-refractivity contribution >= 4 is 23.3 Å². The number of ether oxygens (including phenoxy) is 1. The van der Waals surface area contributed by atoms with Crippen LogP contribution in [0.25, 0.3) is 0 Å². The third-order valence-corrected chi connectivity index (χ3v) is 5.21. The van der Waals surface area contributed by atoms with Gasteiger partial charge in [0.05, 0.1) is 23.7 Å². The molecule has 6 nitrogen and oxygen atoms in total. The van der Waals surface area contributed by atoms with Gasteiger partial charge < -0.3 is 14.5 Å². The van der Waals surface area contributed by atoms with Crippen molar-refractivity contribution in [2.75, 3.05) is 26.7 Å². The van der Waals surface area contributed by atoms with Crippen LogP contribution in [0.4, 0.5) is 4.79 Å². The highest BCUT2D eigenvalue weighted by molar-refractivity contribution is 7.09. The number of likely N-dealkylation sites (N-methyl/N-ethyl adjacent to an activating group) is 1. The van der Waals surface area contributed by atoms with Crippen LogP contribution in [0.15, 0.2) is 5.38 Å². The second-order valence-corrected chi connectivity index (χ2v) is 7.24. The fraction of sp³-hybridized carbons (Fsp3) is 0.667. The number of carbonyl (C=O) groups is 2. The molecule has 2 saturated heterocycles. The van der Waals surface area contributed by atoms with Crippen LogP contribution in [0.3, 0.4) is 0 Å². The molecule has 3 heterocycles. The predicted molar refractivity (Wildman–Crippen MR) is 82.8 cm³/mol. The van der Waals surface area contributed by atoms with Crippen LogP contribution >= 0.6 is 11.3 Å². The van der Waals surface area contributed by atoms with E-state index in [0.29, 0.717) is 25.9 Å². The molecule has 0 bridgehead atoms. The molecule has 0 saturated carbocycles. The van der Waals surface area contributed by atoms with Crippen molar-refractivity contribution in [3.05, 3.63) is 16.1 Å². The molecule has 22 heavy (non-hydrogen) atoms. The minimum atomic E-state index is -0.405. The number of hydrogen-bond acceptors (Lipinski definition) is 5. The Balaban J connectivity index is 1.60. The summed E-state index contributed by atoms with van der Waals surface area (Å²) in [4.78, 5) is 31.9. The molecule has 2 fully saturated rings. The summed E-state index contributed by atoms with van der Waals surface area (Å²) in [7, 11) is 1.76. The van der Waals surface area contributed by atoms with Gasteiger partial charge in [-0.15, -0.1) is 11.3 Å². The number of rotatable bonds is 2. The second-order valence-electron chi connectivity index (χ2n) is 6.18. The zero-order valence-electron chi connectivity index (χ0n) is 13.0. The van der Waals surface area contributed by atoms with Gasteiger partial charge in [-0.05, 0) is 19.8 Å². The molecule has 0 unspecified atom stereocenters. The smallest absolute Gasteiger partial charge is 0.410 e. The molecule has 0 aliphatic carbocycles. The Morgan fingerprint density at radius 3 is 2.91 bits per heavy atom. The van der Waals surface area contributed by atoms with Gasteiger partial charge in [-0.25, -0.2) is 9.78 Å². The third kappa shape index (κ3) is 3.09. The maximum Gasteiger partial charge on any atom is 0.410 e. The minimum Gasteiger partial charge on any atom is -0.441 e. The van der Waals surface area contributed by atoms with Gasteiger partial charge in [0.2, 0.25) is 5.91 Å². The van der Waals surface area contributed by atoms with Gasteiger partial charge in [0, 0.05) is 31.9 Å². The molecule has 1 aromatic heterocycles. The number of hydrogen-bond donors (Lipinski definition) is 0. The van der Waals surface area contributed by atoms with Gasteiger partial charge in [-0.3, -0.25) is 4.79 Å². The van der Waals surface area contributed by atoms with E-state index in [0.717, 1.165) is 30.1 Å². The lowest BCUT2D eigenvalue weighted by Crippen LogP contribution is -2.37. The van der Waals surface area contributed by atoms with E-state index in [-0.39, 0.29) is 12.0 Å². The van der Waals surface area contributed by atoms with Crippen LogP contribution in [0, 0.1) is 6.92 Å². The van der Waals surface area contributed by atoms with Crippen molar-refractivity contribution in [1.29, 1.82) is 0 Å². The average molecular weight is 323 g/mol. The van der Waals surface area contributed by atoms with E-state index in [1.165, 1.54) is 0 Å². The fourth-order valence-electron chi connectivity index (χ4n) is 3.23. The maximum atomic E-state index is 12.4. The van der Waals surface area contributed by atoms with Crippen molar-refractivity contribution in [2.24, 2.45) is 0 Å². The summed E-state index contributed by atoms with van der Waals surface area (Å²) >= 11 is 1.57. The molecule has 7 heteroatoms. The Labute approximate surface area is 134 Å². The lowest BCUT2D eigenvalue weighted by atomic mass is 9.95. The van der Waals surface area contributed by atoms with Crippen molar-refractivity contribution in [3.63, 3.8) is 0 Å². The lowest BCUT2D eigenvalue weighted by Gasteiger charge is -2.25. The summed E-state index contributed by atoms with van der Waals surface area (Å²) in [5, 5.41) is 2.93. The van der Waals surface area contributed by atoms with Crippen molar-refractivity contribution < 1.29 is 14.3 Å². The SMILES string of the molecule is Cc1nc(CC(=O)N2CCC[C@]3(CC2)CN(C)C(=O)O3)cs1. The first kappa shape index (κ1) is 15.3. The Bertz CT molecular complexity index is 588. The van der Waals surface area contributed by atoms with Crippen LogP contribution < -0.4 is 0 Å². The summed E-state index contributed by atoms with van der Waals surface area (Å²) in [6.07, 6.45) is 2.51. The molecular formula is C15H21N3O3S.